The monoisotopic (exact) mass is 429 g/mol. The molecule has 3 aromatic carbocycles. The molecule has 0 saturated heterocycles. The van der Waals surface area contributed by atoms with Crippen LogP contribution >= 0.6 is 0 Å². The summed E-state index contributed by atoms with van der Waals surface area (Å²) in [6, 6.07) is 20.3. The van der Waals surface area contributed by atoms with Crippen LogP contribution in [0.1, 0.15) is 6.92 Å². The molecule has 0 fully saturated rings. The van der Waals surface area contributed by atoms with Crippen molar-refractivity contribution in [2.75, 3.05) is 19.5 Å². The number of carbonyl (C=O) groups is 1. The number of amides is 1. The quantitative estimate of drug-likeness (QED) is 0.458. The molecule has 1 atom stereocenters. The first kappa shape index (κ1) is 21.1. The molecule has 1 amide bonds. The summed E-state index contributed by atoms with van der Waals surface area (Å²) >= 11 is 0. The molecule has 162 valence electrons. The van der Waals surface area contributed by atoms with Gasteiger partial charge in [-0.2, -0.15) is 0 Å². The van der Waals surface area contributed by atoms with Gasteiger partial charge in [0, 0.05) is 29.4 Å². The van der Waals surface area contributed by atoms with Crippen LogP contribution in [0.15, 0.2) is 72.9 Å². The Morgan fingerprint density at radius 3 is 2.19 bits per heavy atom. The fourth-order valence-corrected chi connectivity index (χ4v) is 3.18. The van der Waals surface area contributed by atoms with Gasteiger partial charge < -0.3 is 19.5 Å². The number of nitrogens with zero attached hydrogens (tertiary/aromatic N) is 2. The van der Waals surface area contributed by atoms with E-state index in [1.807, 2.05) is 48.5 Å². The first-order valence-electron chi connectivity index (χ1n) is 10.1. The number of benzene rings is 3. The third-order valence-electron chi connectivity index (χ3n) is 4.90. The summed E-state index contributed by atoms with van der Waals surface area (Å²) in [7, 11) is 3.11. The maximum absolute atomic E-state index is 12.6. The first-order valence-corrected chi connectivity index (χ1v) is 10.1. The molecular weight excluding hydrogens is 406 g/mol. The number of rotatable bonds is 7. The number of aromatic nitrogens is 2. The Morgan fingerprint density at radius 1 is 0.875 bits per heavy atom. The second-order valence-electron chi connectivity index (χ2n) is 7.12. The van der Waals surface area contributed by atoms with E-state index in [1.165, 1.54) is 0 Å². The summed E-state index contributed by atoms with van der Waals surface area (Å²) in [5.41, 5.74) is 3.94. The van der Waals surface area contributed by atoms with Crippen molar-refractivity contribution >= 4 is 22.6 Å². The van der Waals surface area contributed by atoms with Gasteiger partial charge in [-0.05, 0) is 43.3 Å². The highest BCUT2D eigenvalue weighted by Gasteiger charge is 2.16. The lowest BCUT2D eigenvalue weighted by atomic mass is 10.1. The minimum absolute atomic E-state index is 0.287. The molecule has 0 aliphatic rings. The summed E-state index contributed by atoms with van der Waals surface area (Å²) in [5.74, 6) is 1.46. The fraction of sp³-hybridized carbons (Fsp3) is 0.160. The topological polar surface area (TPSA) is 82.6 Å². The van der Waals surface area contributed by atoms with Crippen LogP contribution in [-0.2, 0) is 4.79 Å². The molecule has 0 aliphatic heterocycles. The van der Waals surface area contributed by atoms with Gasteiger partial charge in [-0.15, -0.1) is 0 Å². The molecule has 1 heterocycles. The van der Waals surface area contributed by atoms with E-state index < -0.39 is 6.10 Å². The number of methoxy groups -OCH3 is 2. The minimum Gasteiger partial charge on any atom is -0.497 e. The van der Waals surface area contributed by atoms with E-state index in [9.17, 15) is 4.79 Å². The van der Waals surface area contributed by atoms with Crippen molar-refractivity contribution in [3.63, 3.8) is 0 Å². The van der Waals surface area contributed by atoms with Gasteiger partial charge in [-0.3, -0.25) is 9.78 Å². The number of hydrogen-bond acceptors (Lipinski definition) is 6. The maximum Gasteiger partial charge on any atom is 0.265 e. The lowest BCUT2D eigenvalue weighted by Crippen LogP contribution is -2.30. The van der Waals surface area contributed by atoms with Gasteiger partial charge in [0.15, 0.2) is 6.10 Å². The number of carbonyl (C=O) groups excluding carboxylic acids is 1. The Morgan fingerprint density at radius 2 is 1.53 bits per heavy atom. The van der Waals surface area contributed by atoms with Gasteiger partial charge in [0.25, 0.3) is 5.91 Å². The van der Waals surface area contributed by atoms with Crippen LogP contribution in [0, 0.1) is 0 Å². The molecule has 4 rings (SSSR count). The van der Waals surface area contributed by atoms with Gasteiger partial charge >= 0.3 is 0 Å². The molecule has 1 N–H and O–H groups in total. The summed E-state index contributed by atoms with van der Waals surface area (Å²) in [6.07, 6.45) is 1.04. The molecule has 7 heteroatoms. The molecule has 0 aliphatic carbocycles. The molecule has 32 heavy (non-hydrogen) atoms. The Kier molecular flexibility index (Phi) is 6.17. The second-order valence-corrected chi connectivity index (χ2v) is 7.12. The van der Waals surface area contributed by atoms with E-state index in [-0.39, 0.29) is 5.91 Å². The van der Waals surface area contributed by atoms with Gasteiger partial charge in [0.05, 0.1) is 37.1 Å². The highest BCUT2D eigenvalue weighted by Crippen LogP contribution is 2.26. The van der Waals surface area contributed by atoms with Gasteiger partial charge in [0.2, 0.25) is 0 Å². The van der Waals surface area contributed by atoms with E-state index in [0.717, 1.165) is 22.3 Å². The highest BCUT2D eigenvalue weighted by atomic mass is 16.5. The van der Waals surface area contributed by atoms with E-state index in [1.54, 1.807) is 45.5 Å². The lowest BCUT2D eigenvalue weighted by Gasteiger charge is -2.16. The van der Waals surface area contributed by atoms with E-state index in [0.29, 0.717) is 22.9 Å². The molecular formula is C25H23N3O4. The zero-order chi connectivity index (χ0) is 22.5. The Labute approximate surface area is 186 Å². The normalized spacial score (nSPS) is 11.6. The number of anilines is 1. The standard InChI is InChI=1S/C25H23N3O4/c1-16(25(29)27-18-12-20(30-2)14-21(13-18)31-3)32-19-10-8-17(9-11-19)24-15-26-22-6-4-5-7-23(22)28-24/h4-16H,1-3H3,(H,27,29)/t16-/m1/s1. The minimum atomic E-state index is -0.710. The summed E-state index contributed by atoms with van der Waals surface area (Å²) < 4.78 is 16.3. The zero-order valence-electron chi connectivity index (χ0n) is 18.0. The molecule has 0 spiro atoms. The zero-order valence-corrected chi connectivity index (χ0v) is 18.0. The highest BCUT2D eigenvalue weighted by molar-refractivity contribution is 5.94. The van der Waals surface area contributed by atoms with Gasteiger partial charge in [0.1, 0.15) is 17.2 Å². The van der Waals surface area contributed by atoms with Crippen molar-refractivity contribution in [3.05, 3.63) is 72.9 Å². The predicted molar refractivity (Wildman–Crippen MR) is 123 cm³/mol. The van der Waals surface area contributed by atoms with Crippen LogP contribution in [0.3, 0.4) is 0 Å². The molecule has 0 saturated carbocycles. The van der Waals surface area contributed by atoms with Crippen molar-refractivity contribution in [1.82, 2.24) is 9.97 Å². The largest absolute Gasteiger partial charge is 0.497 e. The Balaban J connectivity index is 1.43. The lowest BCUT2D eigenvalue weighted by molar-refractivity contribution is -0.122. The SMILES string of the molecule is COc1cc(NC(=O)[C@@H](C)Oc2ccc(-c3cnc4ccccc4n3)cc2)cc(OC)c1. The predicted octanol–water partition coefficient (Wildman–Crippen LogP) is 4.72. The van der Waals surface area contributed by atoms with Crippen LogP contribution in [0.25, 0.3) is 22.3 Å². The van der Waals surface area contributed by atoms with Crippen molar-refractivity contribution in [3.8, 4) is 28.5 Å². The summed E-state index contributed by atoms with van der Waals surface area (Å²) in [6.45, 7) is 1.69. The molecule has 0 radical (unpaired) electrons. The molecule has 4 aromatic rings. The average Bonchev–Trinajstić information content (AvgIpc) is 2.83. The number of nitrogens with one attached hydrogen (secondary N) is 1. The van der Waals surface area contributed by atoms with Crippen molar-refractivity contribution in [2.45, 2.75) is 13.0 Å². The smallest absolute Gasteiger partial charge is 0.265 e. The molecule has 0 bridgehead atoms. The van der Waals surface area contributed by atoms with Crippen LogP contribution in [-0.4, -0.2) is 36.2 Å². The van der Waals surface area contributed by atoms with Crippen LogP contribution < -0.4 is 19.5 Å². The molecule has 0 unspecified atom stereocenters. The molecule has 1 aromatic heterocycles. The second kappa shape index (κ2) is 9.34. The number of ether oxygens (including phenoxy) is 3. The van der Waals surface area contributed by atoms with E-state index in [2.05, 4.69) is 15.3 Å². The van der Waals surface area contributed by atoms with Crippen LogP contribution in [0.5, 0.6) is 17.2 Å². The van der Waals surface area contributed by atoms with Gasteiger partial charge in [-0.1, -0.05) is 12.1 Å². The Hall–Kier alpha value is -4.13. The fourth-order valence-electron chi connectivity index (χ4n) is 3.18. The van der Waals surface area contributed by atoms with E-state index in [4.69, 9.17) is 14.2 Å². The van der Waals surface area contributed by atoms with Crippen molar-refractivity contribution in [2.24, 2.45) is 0 Å². The van der Waals surface area contributed by atoms with Crippen molar-refractivity contribution < 1.29 is 19.0 Å². The van der Waals surface area contributed by atoms with Crippen molar-refractivity contribution in [1.29, 1.82) is 0 Å². The van der Waals surface area contributed by atoms with Crippen LogP contribution in [0.2, 0.25) is 0 Å². The van der Waals surface area contributed by atoms with Crippen LogP contribution in [0.4, 0.5) is 5.69 Å². The number of para-hydroxylation sites is 2. The van der Waals surface area contributed by atoms with Gasteiger partial charge in [-0.25, -0.2) is 4.98 Å². The average molecular weight is 429 g/mol. The summed E-state index contributed by atoms with van der Waals surface area (Å²) in [5, 5.41) is 2.82. The Bertz CT molecular complexity index is 1220. The number of fused-ring (bicyclic) bond motifs is 1. The molecule has 7 nitrogen and oxygen atoms in total. The third-order valence-corrected chi connectivity index (χ3v) is 4.90. The maximum atomic E-state index is 12.6. The number of hydrogen-bond donors (Lipinski definition) is 1. The summed E-state index contributed by atoms with van der Waals surface area (Å²) in [4.78, 5) is 21.7. The first-order chi connectivity index (χ1) is 15.6. The third kappa shape index (κ3) is 4.78. The van der Waals surface area contributed by atoms with E-state index >= 15 is 0 Å².